The lowest BCUT2D eigenvalue weighted by molar-refractivity contribution is 0.218. The molecule has 4 heteroatoms. The Labute approximate surface area is 142 Å². The van der Waals surface area contributed by atoms with E-state index >= 15 is 0 Å². The molecular formula is C20H24N4. The van der Waals surface area contributed by atoms with Gasteiger partial charge in [0.2, 0.25) is 0 Å². The van der Waals surface area contributed by atoms with E-state index in [9.17, 15) is 0 Å². The zero-order valence-electron chi connectivity index (χ0n) is 14.2. The molecule has 0 saturated carbocycles. The molecule has 1 aliphatic rings. The van der Waals surface area contributed by atoms with Gasteiger partial charge in [0, 0.05) is 24.0 Å². The van der Waals surface area contributed by atoms with Crippen LogP contribution in [-0.2, 0) is 6.54 Å². The number of hydrogen-bond donors (Lipinski definition) is 1. The third kappa shape index (κ3) is 2.78. The molecule has 0 spiro atoms. The van der Waals surface area contributed by atoms with E-state index in [1.165, 1.54) is 43.6 Å². The first-order valence-electron chi connectivity index (χ1n) is 8.77. The number of imidazole rings is 1. The van der Waals surface area contributed by atoms with Gasteiger partial charge in [-0.2, -0.15) is 0 Å². The van der Waals surface area contributed by atoms with Gasteiger partial charge in [-0.3, -0.25) is 4.90 Å². The lowest BCUT2D eigenvalue weighted by atomic mass is 10.1. The predicted molar refractivity (Wildman–Crippen MR) is 98.9 cm³/mol. The first-order chi connectivity index (χ1) is 11.7. The maximum absolute atomic E-state index is 5.86. The first-order valence-corrected chi connectivity index (χ1v) is 8.77. The molecule has 1 saturated heterocycles. The summed E-state index contributed by atoms with van der Waals surface area (Å²) in [5, 5.41) is 0. The summed E-state index contributed by atoms with van der Waals surface area (Å²) < 4.78 is 2.26. The number of nitrogens with two attached hydrogens (primary N) is 1. The van der Waals surface area contributed by atoms with E-state index in [1.807, 2.05) is 12.1 Å². The SMILES string of the molecule is Cc1cccn2c(CN3CCCCC3)c(-c3ccc(N)cc3)nc12. The second-order valence-electron chi connectivity index (χ2n) is 6.75. The van der Waals surface area contributed by atoms with E-state index in [0.717, 1.165) is 29.1 Å². The van der Waals surface area contributed by atoms with Gasteiger partial charge in [0.25, 0.3) is 0 Å². The average Bonchev–Trinajstić information content (AvgIpc) is 2.97. The van der Waals surface area contributed by atoms with Crippen molar-refractivity contribution in [2.24, 2.45) is 0 Å². The van der Waals surface area contributed by atoms with Crippen LogP contribution in [0.1, 0.15) is 30.5 Å². The smallest absolute Gasteiger partial charge is 0.140 e. The standard InChI is InChI=1S/C20H24N4/c1-15-6-5-13-24-18(14-23-11-3-2-4-12-23)19(22-20(15)24)16-7-9-17(21)10-8-16/h5-10,13H,2-4,11-12,14,21H2,1H3. The van der Waals surface area contributed by atoms with Crippen molar-refractivity contribution in [1.82, 2.24) is 14.3 Å². The summed E-state index contributed by atoms with van der Waals surface area (Å²) in [6, 6.07) is 12.3. The fourth-order valence-electron chi connectivity index (χ4n) is 3.61. The summed E-state index contributed by atoms with van der Waals surface area (Å²) in [5.41, 5.74) is 12.4. The van der Waals surface area contributed by atoms with E-state index in [2.05, 4.69) is 46.7 Å². The van der Waals surface area contributed by atoms with Crippen molar-refractivity contribution >= 4 is 11.3 Å². The molecule has 24 heavy (non-hydrogen) atoms. The maximum Gasteiger partial charge on any atom is 0.140 e. The van der Waals surface area contributed by atoms with Crippen LogP contribution in [0.15, 0.2) is 42.6 Å². The van der Waals surface area contributed by atoms with Gasteiger partial charge in [0.15, 0.2) is 0 Å². The first kappa shape index (κ1) is 15.2. The molecule has 1 aromatic carbocycles. The molecule has 2 aromatic heterocycles. The minimum absolute atomic E-state index is 0.788. The Morgan fingerprint density at radius 2 is 1.79 bits per heavy atom. The summed E-state index contributed by atoms with van der Waals surface area (Å²) in [6.07, 6.45) is 6.09. The number of nitrogen functional groups attached to an aromatic ring is 1. The van der Waals surface area contributed by atoms with E-state index in [4.69, 9.17) is 10.7 Å². The maximum atomic E-state index is 5.86. The van der Waals surface area contributed by atoms with Crippen LogP contribution in [0.4, 0.5) is 5.69 Å². The Hall–Kier alpha value is -2.33. The zero-order valence-corrected chi connectivity index (χ0v) is 14.2. The van der Waals surface area contributed by atoms with Crippen LogP contribution < -0.4 is 5.73 Å². The molecule has 3 aromatic rings. The Bertz CT molecular complexity index is 842. The predicted octanol–water partition coefficient (Wildman–Crippen LogP) is 3.88. The molecule has 0 radical (unpaired) electrons. The molecule has 0 atom stereocenters. The normalized spacial score (nSPS) is 15.9. The summed E-state index contributed by atoms with van der Waals surface area (Å²) in [6.45, 7) is 5.44. The largest absolute Gasteiger partial charge is 0.399 e. The van der Waals surface area contributed by atoms with E-state index in [-0.39, 0.29) is 0 Å². The second-order valence-corrected chi connectivity index (χ2v) is 6.75. The van der Waals surface area contributed by atoms with Crippen molar-refractivity contribution in [2.75, 3.05) is 18.8 Å². The number of benzene rings is 1. The van der Waals surface area contributed by atoms with Gasteiger partial charge in [-0.05, 0) is 56.6 Å². The van der Waals surface area contributed by atoms with Crippen LogP contribution in [0.25, 0.3) is 16.9 Å². The summed E-state index contributed by atoms with van der Waals surface area (Å²) in [5.74, 6) is 0. The van der Waals surface area contributed by atoms with E-state index in [0.29, 0.717) is 0 Å². The molecule has 0 aliphatic carbocycles. The van der Waals surface area contributed by atoms with Gasteiger partial charge in [-0.15, -0.1) is 0 Å². The Balaban J connectivity index is 1.83. The number of likely N-dealkylation sites (tertiary alicyclic amines) is 1. The van der Waals surface area contributed by atoms with Gasteiger partial charge in [-0.1, -0.05) is 24.6 Å². The molecule has 0 unspecified atom stereocenters. The van der Waals surface area contributed by atoms with E-state index < -0.39 is 0 Å². The van der Waals surface area contributed by atoms with Crippen molar-refractivity contribution in [3.8, 4) is 11.3 Å². The van der Waals surface area contributed by atoms with Crippen LogP contribution in [0, 0.1) is 6.92 Å². The molecule has 0 amide bonds. The number of fused-ring (bicyclic) bond motifs is 1. The highest BCUT2D eigenvalue weighted by atomic mass is 15.2. The van der Waals surface area contributed by atoms with Crippen molar-refractivity contribution in [1.29, 1.82) is 0 Å². The Morgan fingerprint density at radius 3 is 2.54 bits per heavy atom. The Kier molecular flexibility index (Phi) is 3.98. The van der Waals surface area contributed by atoms with Crippen molar-refractivity contribution < 1.29 is 0 Å². The average molecular weight is 320 g/mol. The molecule has 1 fully saturated rings. The van der Waals surface area contributed by atoms with Crippen molar-refractivity contribution in [2.45, 2.75) is 32.7 Å². The quantitative estimate of drug-likeness (QED) is 0.745. The molecule has 1 aliphatic heterocycles. The zero-order chi connectivity index (χ0) is 16.5. The fourth-order valence-corrected chi connectivity index (χ4v) is 3.61. The molecule has 4 nitrogen and oxygen atoms in total. The summed E-state index contributed by atoms with van der Waals surface area (Å²) in [4.78, 5) is 7.52. The molecular weight excluding hydrogens is 296 g/mol. The second kappa shape index (κ2) is 6.29. The number of rotatable bonds is 3. The Morgan fingerprint density at radius 1 is 1.04 bits per heavy atom. The number of piperidine rings is 1. The fraction of sp³-hybridized carbons (Fsp3) is 0.350. The minimum atomic E-state index is 0.788. The van der Waals surface area contributed by atoms with Crippen LogP contribution >= 0.6 is 0 Å². The van der Waals surface area contributed by atoms with Gasteiger partial charge in [-0.25, -0.2) is 4.98 Å². The molecule has 0 bridgehead atoms. The molecule has 124 valence electrons. The van der Waals surface area contributed by atoms with Crippen molar-refractivity contribution in [3.05, 3.63) is 53.9 Å². The number of aromatic nitrogens is 2. The van der Waals surface area contributed by atoms with Gasteiger partial charge < -0.3 is 10.1 Å². The monoisotopic (exact) mass is 320 g/mol. The highest BCUT2D eigenvalue weighted by Gasteiger charge is 2.19. The lowest BCUT2D eigenvalue weighted by Gasteiger charge is -2.26. The number of aryl methyl sites for hydroxylation is 1. The van der Waals surface area contributed by atoms with Crippen LogP contribution in [-0.4, -0.2) is 27.4 Å². The van der Waals surface area contributed by atoms with Crippen LogP contribution in [0.2, 0.25) is 0 Å². The third-order valence-electron chi connectivity index (χ3n) is 4.95. The van der Waals surface area contributed by atoms with Gasteiger partial charge >= 0.3 is 0 Å². The number of nitrogens with zero attached hydrogens (tertiary/aromatic N) is 3. The molecule has 3 heterocycles. The topological polar surface area (TPSA) is 46.6 Å². The van der Waals surface area contributed by atoms with E-state index in [1.54, 1.807) is 0 Å². The van der Waals surface area contributed by atoms with Crippen molar-refractivity contribution in [3.63, 3.8) is 0 Å². The number of pyridine rings is 1. The lowest BCUT2D eigenvalue weighted by Crippen LogP contribution is -2.29. The van der Waals surface area contributed by atoms with Gasteiger partial charge in [0.05, 0.1) is 11.4 Å². The highest BCUT2D eigenvalue weighted by molar-refractivity contribution is 5.69. The van der Waals surface area contributed by atoms with Crippen LogP contribution in [0.3, 0.4) is 0 Å². The molecule has 2 N–H and O–H groups in total. The van der Waals surface area contributed by atoms with Gasteiger partial charge in [0.1, 0.15) is 5.65 Å². The molecule has 4 rings (SSSR count). The minimum Gasteiger partial charge on any atom is -0.399 e. The summed E-state index contributed by atoms with van der Waals surface area (Å²) in [7, 11) is 0. The van der Waals surface area contributed by atoms with Crippen LogP contribution in [0.5, 0.6) is 0 Å². The third-order valence-corrected chi connectivity index (χ3v) is 4.95. The summed E-state index contributed by atoms with van der Waals surface area (Å²) >= 11 is 0. The highest BCUT2D eigenvalue weighted by Crippen LogP contribution is 2.28. The number of anilines is 1. The number of hydrogen-bond acceptors (Lipinski definition) is 3.